The Kier molecular flexibility index (Phi) is 4.75. The highest BCUT2D eigenvalue weighted by atomic mass is 32.1. The Bertz CT molecular complexity index is 978. The zero-order valence-corrected chi connectivity index (χ0v) is 14.5. The Morgan fingerprint density at radius 1 is 0.962 bits per heavy atom. The van der Waals surface area contributed by atoms with E-state index in [0.29, 0.717) is 10.9 Å². The lowest BCUT2D eigenvalue weighted by Gasteiger charge is -2.05. The van der Waals surface area contributed by atoms with Crippen molar-refractivity contribution in [2.75, 3.05) is 5.43 Å². The van der Waals surface area contributed by atoms with Crippen LogP contribution in [0, 0.1) is 0 Å². The van der Waals surface area contributed by atoms with Crippen LogP contribution >= 0.6 is 11.3 Å². The molecule has 4 rings (SSSR count). The molecule has 1 N–H and O–H groups in total. The van der Waals surface area contributed by atoms with Gasteiger partial charge < -0.3 is 9.15 Å². The molecule has 0 unspecified atom stereocenters. The predicted molar refractivity (Wildman–Crippen MR) is 104 cm³/mol. The lowest BCUT2D eigenvalue weighted by molar-refractivity contribution is 0.483. The molecule has 0 aliphatic carbocycles. The van der Waals surface area contributed by atoms with E-state index in [4.69, 9.17) is 9.15 Å². The minimum Gasteiger partial charge on any atom is -0.463 e. The minimum absolute atomic E-state index is 0.684. The van der Waals surface area contributed by atoms with Gasteiger partial charge in [-0.25, -0.2) is 4.98 Å². The summed E-state index contributed by atoms with van der Waals surface area (Å²) in [5, 5.41) is 6.81. The molecule has 26 heavy (non-hydrogen) atoms. The second-order valence-corrected chi connectivity index (χ2v) is 6.22. The third-order valence-corrected chi connectivity index (χ3v) is 4.28. The normalized spacial score (nSPS) is 10.9. The lowest BCUT2D eigenvalue weighted by Crippen LogP contribution is -1.89. The number of hydrazone groups is 1. The molecule has 0 atom stereocenters. The summed E-state index contributed by atoms with van der Waals surface area (Å²) in [7, 11) is 0. The molecule has 4 aromatic rings. The Balaban J connectivity index is 1.40. The van der Waals surface area contributed by atoms with Crippen molar-refractivity contribution in [2.24, 2.45) is 5.10 Å². The van der Waals surface area contributed by atoms with E-state index >= 15 is 0 Å². The third-order valence-electron chi connectivity index (χ3n) is 3.53. The molecule has 0 radical (unpaired) electrons. The van der Waals surface area contributed by atoms with Gasteiger partial charge in [0.2, 0.25) is 5.13 Å². The fourth-order valence-electron chi connectivity index (χ4n) is 2.29. The second kappa shape index (κ2) is 7.67. The average molecular weight is 361 g/mol. The zero-order chi connectivity index (χ0) is 17.6. The van der Waals surface area contributed by atoms with E-state index in [2.05, 4.69) is 15.5 Å². The molecule has 6 heteroatoms. The van der Waals surface area contributed by atoms with Crippen molar-refractivity contribution in [1.82, 2.24) is 4.98 Å². The van der Waals surface area contributed by atoms with Crippen LogP contribution in [0.25, 0.3) is 11.3 Å². The van der Waals surface area contributed by atoms with Crippen LogP contribution in [0.1, 0.15) is 5.76 Å². The van der Waals surface area contributed by atoms with E-state index in [1.807, 2.05) is 72.1 Å². The SMILES string of the molecule is C(=N\Nc1nc(-c2ccc(Oc3ccccc3)cc2)cs1)/c1ccco1. The zero-order valence-electron chi connectivity index (χ0n) is 13.7. The minimum atomic E-state index is 0.684. The molecule has 2 aromatic carbocycles. The topological polar surface area (TPSA) is 59.7 Å². The largest absolute Gasteiger partial charge is 0.463 e. The van der Waals surface area contributed by atoms with Crippen molar-refractivity contribution in [1.29, 1.82) is 0 Å². The van der Waals surface area contributed by atoms with Gasteiger partial charge >= 0.3 is 0 Å². The number of nitrogens with one attached hydrogen (secondary N) is 1. The Morgan fingerprint density at radius 2 is 1.77 bits per heavy atom. The quantitative estimate of drug-likeness (QED) is 0.356. The number of nitrogens with zero attached hydrogens (tertiary/aromatic N) is 2. The first kappa shape index (κ1) is 16.1. The molecule has 0 saturated heterocycles. The highest BCUT2D eigenvalue weighted by Crippen LogP contribution is 2.28. The molecule has 2 aromatic heterocycles. The summed E-state index contributed by atoms with van der Waals surface area (Å²) in [6.07, 6.45) is 3.21. The fraction of sp³-hybridized carbons (Fsp3) is 0. The maximum Gasteiger partial charge on any atom is 0.203 e. The Labute approximate surface area is 154 Å². The third kappa shape index (κ3) is 3.99. The number of hydrogen-bond acceptors (Lipinski definition) is 6. The van der Waals surface area contributed by atoms with E-state index in [9.17, 15) is 0 Å². The molecule has 0 bridgehead atoms. The first-order valence-corrected chi connectivity index (χ1v) is 8.86. The number of para-hydroxylation sites is 1. The van der Waals surface area contributed by atoms with Crippen molar-refractivity contribution in [3.8, 4) is 22.8 Å². The molecule has 0 aliphatic rings. The fourth-order valence-corrected chi connectivity index (χ4v) is 2.96. The molecule has 0 amide bonds. The van der Waals surface area contributed by atoms with Crippen molar-refractivity contribution in [2.45, 2.75) is 0 Å². The van der Waals surface area contributed by atoms with Gasteiger partial charge in [-0.2, -0.15) is 5.10 Å². The van der Waals surface area contributed by atoms with Crippen LogP contribution in [0.4, 0.5) is 5.13 Å². The number of hydrogen-bond donors (Lipinski definition) is 1. The first-order chi connectivity index (χ1) is 12.9. The van der Waals surface area contributed by atoms with Crippen molar-refractivity contribution in [3.05, 3.63) is 84.1 Å². The number of rotatable bonds is 6. The average Bonchev–Trinajstić information content (AvgIpc) is 3.36. The van der Waals surface area contributed by atoms with Crippen LogP contribution in [0.3, 0.4) is 0 Å². The standard InChI is InChI=1S/C20H15N3O2S/c1-2-5-16(6-3-1)25-17-10-8-15(9-11-17)19-14-26-20(22-19)23-21-13-18-7-4-12-24-18/h1-14H,(H,22,23)/b21-13+. The Hall–Kier alpha value is -3.38. The van der Waals surface area contributed by atoms with Gasteiger partial charge in [-0.1, -0.05) is 18.2 Å². The van der Waals surface area contributed by atoms with Crippen LogP contribution in [0.15, 0.2) is 87.9 Å². The highest BCUT2D eigenvalue weighted by Gasteiger charge is 2.05. The van der Waals surface area contributed by atoms with Gasteiger partial charge in [0, 0.05) is 10.9 Å². The molecular formula is C20H15N3O2S. The highest BCUT2D eigenvalue weighted by molar-refractivity contribution is 7.14. The maximum absolute atomic E-state index is 5.80. The lowest BCUT2D eigenvalue weighted by atomic mass is 10.2. The number of anilines is 1. The van der Waals surface area contributed by atoms with Gasteiger partial charge in [0.05, 0.1) is 18.2 Å². The van der Waals surface area contributed by atoms with Crippen molar-refractivity contribution in [3.63, 3.8) is 0 Å². The molecule has 2 heterocycles. The van der Waals surface area contributed by atoms with Crippen LogP contribution in [0.2, 0.25) is 0 Å². The Morgan fingerprint density at radius 3 is 2.54 bits per heavy atom. The van der Waals surface area contributed by atoms with E-state index in [1.165, 1.54) is 11.3 Å². The molecule has 128 valence electrons. The van der Waals surface area contributed by atoms with Gasteiger partial charge in [0.1, 0.15) is 17.3 Å². The first-order valence-electron chi connectivity index (χ1n) is 7.98. The van der Waals surface area contributed by atoms with Crippen molar-refractivity contribution >= 4 is 22.7 Å². The number of ether oxygens (including phenoxy) is 1. The summed E-state index contributed by atoms with van der Waals surface area (Å²) in [5.41, 5.74) is 4.81. The summed E-state index contributed by atoms with van der Waals surface area (Å²) in [6, 6.07) is 21.2. The number of thiazole rings is 1. The van der Waals surface area contributed by atoms with Crippen LogP contribution in [-0.4, -0.2) is 11.2 Å². The molecule has 0 saturated carbocycles. The summed E-state index contributed by atoms with van der Waals surface area (Å²) < 4.78 is 11.0. The molecule has 0 spiro atoms. The van der Waals surface area contributed by atoms with E-state index in [0.717, 1.165) is 22.8 Å². The van der Waals surface area contributed by atoms with Gasteiger partial charge in [0.25, 0.3) is 0 Å². The van der Waals surface area contributed by atoms with Gasteiger partial charge in [-0.15, -0.1) is 11.3 Å². The smallest absolute Gasteiger partial charge is 0.203 e. The number of aromatic nitrogens is 1. The van der Waals surface area contributed by atoms with E-state index in [1.54, 1.807) is 12.5 Å². The van der Waals surface area contributed by atoms with Crippen LogP contribution in [-0.2, 0) is 0 Å². The summed E-state index contributed by atoms with van der Waals surface area (Å²) >= 11 is 1.49. The van der Waals surface area contributed by atoms with Crippen LogP contribution in [0.5, 0.6) is 11.5 Å². The molecule has 5 nitrogen and oxygen atoms in total. The second-order valence-electron chi connectivity index (χ2n) is 5.36. The van der Waals surface area contributed by atoms with Crippen molar-refractivity contribution < 1.29 is 9.15 Å². The summed E-state index contributed by atoms with van der Waals surface area (Å²) in [5.74, 6) is 2.29. The monoisotopic (exact) mass is 361 g/mol. The van der Waals surface area contributed by atoms with Gasteiger partial charge in [-0.3, -0.25) is 5.43 Å². The van der Waals surface area contributed by atoms with Gasteiger partial charge in [-0.05, 0) is 48.5 Å². The molecule has 0 fully saturated rings. The van der Waals surface area contributed by atoms with Crippen LogP contribution < -0.4 is 10.2 Å². The predicted octanol–water partition coefficient (Wildman–Crippen LogP) is 5.64. The maximum atomic E-state index is 5.80. The summed E-state index contributed by atoms with van der Waals surface area (Å²) in [4.78, 5) is 4.54. The van der Waals surface area contributed by atoms with Gasteiger partial charge in [0.15, 0.2) is 0 Å². The van der Waals surface area contributed by atoms with E-state index in [-0.39, 0.29) is 0 Å². The number of benzene rings is 2. The van der Waals surface area contributed by atoms with E-state index < -0.39 is 0 Å². The molecule has 0 aliphatic heterocycles. The summed E-state index contributed by atoms with van der Waals surface area (Å²) in [6.45, 7) is 0. The number of furan rings is 1. The molecular weight excluding hydrogens is 346 g/mol.